The van der Waals surface area contributed by atoms with Crippen molar-refractivity contribution in [3.8, 4) is 0 Å². The summed E-state index contributed by atoms with van der Waals surface area (Å²) in [5.74, 6) is 0.158. The van der Waals surface area contributed by atoms with Gasteiger partial charge in [-0.15, -0.1) is 0 Å². The Morgan fingerprint density at radius 1 is 1.16 bits per heavy atom. The maximum absolute atomic E-state index is 12.2. The third-order valence-electron chi connectivity index (χ3n) is 4.32. The summed E-state index contributed by atoms with van der Waals surface area (Å²) in [4.78, 5) is 12.2. The lowest BCUT2D eigenvalue weighted by Gasteiger charge is -2.31. The van der Waals surface area contributed by atoms with Gasteiger partial charge in [0.2, 0.25) is 5.91 Å². The first-order valence-electron chi connectivity index (χ1n) is 7.83. The van der Waals surface area contributed by atoms with Crippen molar-refractivity contribution >= 4 is 5.91 Å². The van der Waals surface area contributed by atoms with Gasteiger partial charge in [-0.3, -0.25) is 4.79 Å². The summed E-state index contributed by atoms with van der Waals surface area (Å²) < 4.78 is 5.53. The molecule has 2 fully saturated rings. The lowest BCUT2D eigenvalue weighted by atomic mass is 9.95. The zero-order chi connectivity index (χ0) is 13.7. The van der Waals surface area contributed by atoms with E-state index in [4.69, 9.17) is 4.74 Å². The molecule has 0 aromatic rings. The van der Waals surface area contributed by atoms with Gasteiger partial charge >= 0.3 is 0 Å². The van der Waals surface area contributed by atoms with E-state index in [0.717, 1.165) is 32.3 Å². The number of hydrogen-bond acceptors (Lipinski definition) is 3. The smallest absolute Gasteiger partial charge is 0.237 e. The van der Waals surface area contributed by atoms with Crippen molar-refractivity contribution in [2.24, 2.45) is 0 Å². The maximum atomic E-state index is 12.2. The average molecular weight is 268 g/mol. The van der Waals surface area contributed by atoms with Crippen LogP contribution < -0.4 is 10.6 Å². The number of hydrogen-bond donors (Lipinski definition) is 2. The fraction of sp³-hybridized carbons (Fsp3) is 0.933. The van der Waals surface area contributed by atoms with Gasteiger partial charge in [-0.25, -0.2) is 0 Å². The van der Waals surface area contributed by atoms with Crippen LogP contribution in [0, 0.1) is 0 Å². The fourth-order valence-corrected chi connectivity index (χ4v) is 3.15. The number of carbonyl (C=O) groups excluding carboxylic acids is 1. The van der Waals surface area contributed by atoms with E-state index >= 15 is 0 Å². The molecule has 1 saturated carbocycles. The highest BCUT2D eigenvalue weighted by atomic mass is 16.5. The minimum Gasteiger partial charge on any atom is -0.378 e. The van der Waals surface area contributed by atoms with Crippen molar-refractivity contribution in [3.63, 3.8) is 0 Å². The molecule has 0 bridgehead atoms. The van der Waals surface area contributed by atoms with Crippen molar-refractivity contribution in [2.45, 2.75) is 83.0 Å². The Balaban J connectivity index is 1.72. The highest BCUT2D eigenvalue weighted by Gasteiger charge is 2.24. The van der Waals surface area contributed by atoms with Crippen molar-refractivity contribution in [1.29, 1.82) is 0 Å². The molecule has 3 unspecified atom stereocenters. The highest BCUT2D eigenvalue weighted by Crippen LogP contribution is 2.18. The van der Waals surface area contributed by atoms with E-state index < -0.39 is 0 Å². The van der Waals surface area contributed by atoms with Gasteiger partial charge in [0.05, 0.1) is 12.1 Å². The number of amides is 1. The Kier molecular flexibility index (Phi) is 5.64. The minimum absolute atomic E-state index is 0.0998. The number of nitrogens with one attached hydrogen (secondary N) is 2. The van der Waals surface area contributed by atoms with Gasteiger partial charge in [0, 0.05) is 18.7 Å². The predicted octanol–water partition coefficient (Wildman–Crippen LogP) is 1.98. The largest absolute Gasteiger partial charge is 0.378 e. The van der Waals surface area contributed by atoms with Crippen LogP contribution in [0.3, 0.4) is 0 Å². The van der Waals surface area contributed by atoms with Crippen LogP contribution in [0.4, 0.5) is 0 Å². The molecule has 1 saturated heterocycles. The second kappa shape index (κ2) is 7.25. The van der Waals surface area contributed by atoms with Crippen molar-refractivity contribution < 1.29 is 9.53 Å². The van der Waals surface area contributed by atoms with Crippen LogP contribution in [0.2, 0.25) is 0 Å². The lowest BCUT2D eigenvalue weighted by Crippen LogP contribution is -2.51. The van der Waals surface area contributed by atoms with Gasteiger partial charge in [-0.1, -0.05) is 19.3 Å². The summed E-state index contributed by atoms with van der Waals surface area (Å²) in [6.45, 7) is 4.87. The fourth-order valence-electron chi connectivity index (χ4n) is 3.15. The van der Waals surface area contributed by atoms with Gasteiger partial charge in [-0.2, -0.15) is 0 Å². The van der Waals surface area contributed by atoms with E-state index in [1.807, 2.05) is 6.92 Å². The zero-order valence-electron chi connectivity index (χ0n) is 12.3. The molecule has 2 N–H and O–H groups in total. The number of ether oxygens (including phenoxy) is 1. The Bertz CT molecular complexity index is 290. The average Bonchev–Trinajstić information content (AvgIpc) is 2.40. The molecule has 1 aliphatic carbocycles. The Labute approximate surface area is 116 Å². The van der Waals surface area contributed by atoms with Crippen molar-refractivity contribution in [2.75, 3.05) is 6.61 Å². The molecule has 0 spiro atoms. The maximum Gasteiger partial charge on any atom is 0.237 e. The second-order valence-electron chi connectivity index (χ2n) is 6.13. The van der Waals surface area contributed by atoms with Gasteiger partial charge in [0.25, 0.3) is 0 Å². The Morgan fingerprint density at radius 3 is 2.58 bits per heavy atom. The van der Waals surface area contributed by atoms with E-state index in [9.17, 15) is 4.79 Å². The van der Waals surface area contributed by atoms with Crippen molar-refractivity contribution in [1.82, 2.24) is 10.6 Å². The molecule has 1 heterocycles. The van der Waals surface area contributed by atoms with E-state index in [0.29, 0.717) is 18.2 Å². The van der Waals surface area contributed by atoms with Gasteiger partial charge < -0.3 is 15.4 Å². The summed E-state index contributed by atoms with van der Waals surface area (Å²) in [7, 11) is 0. The molecule has 3 atom stereocenters. The second-order valence-corrected chi connectivity index (χ2v) is 6.13. The quantitative estimate of drug-likeness (QED) is 0.819. The van der Waals surface area contributed by atoms with Gasteiger partial charge in [0.15, 0.2) is 0 Å². The van der Waals surface area contributed by atoms with Gasteiger partial charge in [0.1, 0.15) is 0 Å². The van der Waals surface area contributed by atoms with Crippen molar-refractivity contribution in [3.05, 3.63) is 0 Å². The molecule has 0 aromatic heterocycles. The molecule has 19 heavy (non-hydrogen) atoms. The third kappa shape index (κ3) is 4.77. The molecule has 4 heteroatoms. The minimum atomic E-state index is -0.0998. The Hall–Kier alpha value is -0.610. The molecule has 1 aliphatic heterocycles. The molecular formula is C15H28N2O2. The highest BCUT2D eigenvalue weighted by molar-refractivity contribution is 5.81. The molecule has 2 rings (SSSR count). The standard InChI is InChI=1S/C15H28N2O2/c1-11-10-14(8-9-19-11)16-12(2)15(18)17-13-6-4-3-5-7-13/h11-14,16H,3-10H2,1-2H3,(H,17,18). The molecule has 0 radical (unpaired) electrons. The molecule has 2 aliphatic rings. The summed E-state index contributed by atoms with van der Waals surface area (Å²) in [6.07, 6.45) is 8.43. The monoisotopic (exact) mass is 268 g/mol. The van der Waals surface area contributed by atoms with Crippen LogP contribution in [0.25, 0.3) is 0 Å². The summed E-state index contributed by atoms with van der Waals surface area (Å²) in [6, 6.07) is 0.715. The topological polar surface area (TPSA) is 50.4 Å². The first-order chi connectivity index (χ1) is 9.15. The SMILES string of the molecule is CC1CC(NC(C)C(=O)NC2CCCCC2)CCO1. The first-order valence-corrected chi connectivity index (χ1v) is 7.83. The number of carbonyl (C=O) groups is 1. The van der Waals surface area contributed by atoms with E-state index in [1.165, 1.54) is 19.3 Å². The zero-order valence-corrected chi connectivity index (χ0v) is 12.3. The Morgan fingerprint density at radius 2 is 1.89 bits per heavy atom. The summed E-state index contributed by atoms with van der Waals surface area (Å²) in [5, 5.41) is 6.63. The van der Waals surface area contributed by atoms with Crippen LogP contribution in [0.15, 0.2) is 0 Å². The molecule has 0 aromatic carbocycles. The summed E-state index contributed by atoms with van der Waals surface area (Å²) >= 11 is 0. The van der Waals surface area contributed by atoms with E-state index in [1.54, 1.807) is 0 Å². The molecule has 1 amide bonds. The van der Waals surface area contributed by atoms with E-state index in [2.05, 4.69) is 17.6 Å². The molecular weight excluding hydrogens is 240 g/mol. The third-order valence-corrected chi connectivity index (χ3v) is 4.32. The van der Waals surface area contributed by atoms with Crippen LogP contribution in [-0.2, 0) is 9.53 Å². The van der Waals surface area contributed by atoms with Crippen LogP contribution in [0.5, 0.6) is 0 Å². The van der Waals surface area contributed by atoms with Gasteiger partial charge in [-0.05, 0) is 39.5 Å². The van der Waals surface area contributed by atoms with E-state index in [-0.39, 0.29) is 11.9 Å². The van der Waals surface area contributed by atoms with Crippen LogP contribution in [0.1, 0.15) is 58.8 Å². The molecule has 4 nitrogen and oxygen atoms in total. The van der Waals surface area contributed by atoms with Crippen LogP contribution in [-0.4, -0.2) is 36.7 Å². The first kappa shape index (κ1) is 14.8. The number of rotatable bonds is 4. The predicted molar refractivity (Wildman–Crippen MR) is 76.0 cm³/mol. The van der Waals surface area contributed by atoms with Crippen LogP contribution >= 0.6 is 0 Å². The molecule has 110 valence electrons. The summed E-state index contributed by atoms with van der Waals surface area (Å²) in [5.41, 5.74) is 0. The normalized spacial score (nSPS) is 30.8. The lowest BCUT2D eigenvalue weighted by molar-refractivity contribution is -0.124.